The predicted molar refractivity (Wildman–Crippen MR) is 107 cm³/mol. The molecule has 4 rings (SSSR count). The number of hydrogen-bond acceptors (Lipinski definition) is 4. The third kappa shape index (κ3) is 3.01. The number of nitrogens with one attached hydrogen (secondary N) is 1. The largest absolute Gasteiger partial charge is 0.353 e. The Balaban J connectivity index is 1.94. The molecule has 2 aliphatic heterocycles. The van der Waals surface area contributed by atoms with Crippen LogP contribution < -0.4 is 5.32 Å². The number of fused-ring (bicyclic) bond motifs is 2. The van der Waals surface area contributed by atoms with Crippen LogP contribution in [0.4, 0.5) is 17.1 Å². The van der Waals surface area contributed by atoms with E-state index in [1.165, 1.54) is 5.57 Å². The molecule has 0 aliphatic carbocycles. The number of aliphatic imine (C=N–C) groups is 1. The van der Waals surface area contributed by atoms with E-state index in [1.54, 1.807) is 0 Å². The Morgan fingerprint density at radius 3 is 2.81 bits per heavy atom. The Kier molecular flexibility index (Phi) is 4.28. The minimum absolute atomic E-state index is 0.346. The van der Waals surface area contributed by atoms with Crippen LogP contribution in [-0.2, 0) is 0 Å². The van der Waals surface area contributed by atoms with Crippen molar-refractivity contribution in [3.63, 3.8) is 0 Å². The second-order valence-corrected chi connectivity index (χ2v) is 7.22. The first kappa shape index (κ1) is 16.8. The van der Waals surface area contributed by atoms with Crippen molar-refractivity contribution in [1.29, 1.82) is 5.26 Å². The van der Waals surface area contributed by atoms with Crippen molar-refractivity contribution >= 4 is 34.4 Å². The highest BCUT2D eigenvalue weighted by Crippen LogP contribution is 2.38. The van der Waals surface area contributed by atoms with Gasteiger partial charge in [0.15, 0.2) is 0 Å². The van der Waals surface area contributed by atoms with E-state index in [0.29, 0.717) is 16.6 Å². The maximum absolute atomic E-state index is 9.34. The second-order valence-electron chi connectivity index (χ2n) is 6.78. The summed E-state index contributed by atoms with van der Waals surface area (Å²) in [6, 6.07) is 13.9. The number of anilines is 2. The minimum atomic E-state index is 0.346. The van der Waals surface area contributed by atoms with Gasteiger partial charge in [0.25, 0.3) is 0 Å². The smallest absolute Gasteiger partial charge is 0.0991 e. The lowest BCUT2D eigenvalue weighted by Gasteiger charge is -2.29. The van der Waals surface area contributed by atoms with Crippen molar-refractivity contribution in [3.05, 3.63) is 64.2 Å². The van der Waals surface area contributed by atoms with Crippen molar-refractivity contribution in [3.8, 4) is 6.07 Å². The Hall–Kier alpha value is -2.61. The van der Waals surface area contributed by atoms with E-state index in [2.05, 4.69) is 36.3 Å². The molecule has 0 spiro atoms. The van der Waals surface area contributed by atoms with Crippen molar-refractivity contribution in [1.82, 2.24) is 4.90 Å². The predicted octanol–water partition coefficient (Wildman–Crippen LogP) is 5.04. The molecule has 4 nitrogen and oxygen atoms in total. The van der Waals surface area contributed by atoms with Gasteiger partial charge in [-0.05, 0) is 62.4 Å². The number of halogens is 1. The molecule has 2 aromatic rings. The molecule has 0 fully saturated rings. The topological polar surface area (TPSA) is 51.4 Å². The van der Waals surface area contributed by atoms with Gasteiger partial charge in [-0.15, -0.1) is 0 Å². The fourth-order valence-electron chi connectivity index (χ4n) is 3.39. The number of hydrogen-bond donors (Lipinski definition) is 1. The Bertz CT molecular complexity index is 984. The normalized spacial score (nSPS) is 19.2. The fraction of sp³-hybridized carbons (Fsp3) is 0.238. The van der Waals surface area contributed by atoms with Crippen LogP contribution in [0.15, 0.2) is 53.0 Å². The first-order chi connectivity index (χ1) is 12.5. The van der Waals surface area contributed by atoms with Crippen molar-refractivity contribution in [2.24, 2.45) is 4.99 Å². The van der Waals surface area contributed by atoms with Gasteiger partial charge in [-0.25, -0.2) is 4.99 Å². The van der Waals surface area contributed by atoms with Crippen LogP contribution in [-0.4, -0.2) is 30.2 Å². The number of nitriles is 1. The quantitative estimate of drug-likeness (QED) is 0.773. The molecule has 0 amide bonds. The molecule has 1 N–H and O–H groups in total. The summed E-state index contributed by atoms with van der Waals surface area (Å²) in [5, 5.41) is 13.4. The Morgan fingerprint density at radius 1 is 1.23 bits per heavy atom. The summed E-state index contributed by atoms with van der Waals surface area (Å²) in [7, 11) is 2.13. The number of rotatable bonds is 1. The molecule has 0 bridgehead atoms. The van der Waals surface area contributed by atoms with E-state index >= 15 is 0 Å². The highest BCUT2D eigenvalue weighted by molar-refractivity contribution is 6.31. The van der Waals surface area contributed by atoms with Crippen LogP contribution in [0.3, 0.4) is 0 Å². The number of likely N-dealkylation sites (N-methyl/N-ethyl adjacent to an activating group) is 1. The summed E-state index contributed by atoms with van der Waals surface area (Å²) >= 11 is 6.20. The maximum atomic E-state index is 9.34. The van der Waals surface area contributed by atoms with Gasteiger partial charge in [0, 0.05) is 28.9 Å². The van der Waals surface area contributed by atoms with Crippen LogP contribution in [0, 0.1) is 11.3 Å². The fourth-order valence-corrected chi connectivity index (χ4v) is 3.56. The monoisotopic (exact) mass is 362 g/mol. The van der Waals surface area contributed by atoms with Gasteiger partial charge >= 0.3 is 0 Å². The highest BCUT2D eigenvalue weighted by Gasteiger charge is 2.24. The first-order valence-electron chi connectivity index (χ1n) is 8.66. The van der Waals surface area contributed by atoms with E-state index in [0.717, 1.165) is 41.3 Å². The molecule has 1 atom stereocenters. The van der Waals surface area contributed by atoms with Gasteiger partial charge < -0.3 is 5.32 Å². The summed E-state index contributed by atoms with van der Waals surface area (Å²) in [6.45, 7) is 3.17. The summed E-state index contributed by atoms with van der Waals surface area (Å²) in [5.41, 5.74) is 6.40. The molecule has 2 aromatic carbocycles. The van der Waals surface area contributed by atoms with Crippen LogP contribution in [0.25, 0.3) is 0 Å². The average molecular weight is 363 g/mol. The third-order valence-electron chi connectivity index (χ3n) is 5.04. The van der Waals surface area contributed by atoms with Gasteiger partial charge in [-0.1, -0.05) is 17.7 Å². The molecule has 0 radical (unpaired) electrons. The zero-order valence-corrected chi connectivity index (χ0v) is 15.5. The van der Waals surface area contributed by atoms with Gasteiger partial charge in [0.2, 0.25) is 0 Å². The van der Waals surface area contributed by atoms with Crippen LogP contribution in [0.1, 0.15) is 24.5 Å². The Morgan fingerprint density at radius 2 is 2.04 bits per heavy atom. The molecule has 130 valence electrons. The summed E-state index contributed by atoms with van der Waals surface area (Å²) in [6.07, 6.45) is 3.19. The van der Waals surface area contributed by atoms with E-state index < -0.39 is 0 Å². The third-order valence-corrected chi connectivity index (χ3v) is 5.28. The van der Waals surface area contributed by atoms with E-state index in [-0.39, 0.29) is 0 Å². The van der Waals surface area contributed by atoms with Gasteiger partial charge in [-0.3, -0.25) is 4.90 Å². The Labute approximate surface area is 158 Å². The van der Waals surface area contributed by atoms with E-state index in [4.69, 9.17) is 16.6 Å². The second kappa shape index (κ2) is 6.60. The van der Waals surface area contributed by atoms with Crippen LogP contribution in [0.5, 0.6) is 0 Å². The molecular weight excluding hydrogens is 344 g/mol. The molecule has 2 aliphatic rings. The molecular formula is C21H19ClN4. The minimum Gasteiger partial charge on any atom is -0.353 e. The summed E-state index contributed by atoms with van der Waals surface area (Å²) in [4.78, 5) is 7.29. The zero-order chi connectivity index (χ0) is 18.3. The standard InChI is InChI=1S/C21H19ClN4/c1-13-9-15(7-8-26(13)2)21-17-10-14(12-23)3-5-18(17)24-19-6-4-16(22)11-20(19)25-21/h3-6,9-11,13,24H,7-8H2,1-2H3/t13-/m0/s1. The number of benzene rings is 2. The summed E-state index contributed by atoms with van der Waals surface area (Å²) in [5.74, 6) is 0. The average Bonchev–Trinajstić information content (AvgIpc) is 2.80. The molecule has 0 saturated carbocycles. The highest BCUT2D eigenvalue weighted by atomic mass is 35.5. The summed E-state index contributed by atoms with van der Waals surface area (Å²) < 4.78 is 0. The molecule has 0 saturated heterocycles. The SMILES string of the molecule is C[C@H]1C=C(C2=Nc3cc(Cl)ccc3Nc3ccc(C#N)cc32)CCN1C. The van der Waals surface area contributed by atoms with Crippen LogP contribution in [0.2, 0.25) is 5.02 Å². The molecule has 2 heterocycles. The first-order valence-corrected chi connectivity index (χ1v) is 9.04. The zero-order valence-electron chi connectivity index (χ0n) is 14.8. The maximum Gasteiger partial charge on any atom is 0.0991 e. The lowest BCUT2D eigenvalue weighted by molar-refractivity contribution is 0.288. The van der Waals surface area contributed by atoms with Crippen LogP contribution >= 0.6 is 11.6 Å². The molecule has 0 unspecified atom stereocenters. The molecule has 5 heteroatoms. The molecule has 0 aromatic heterocycles. The van der Waals surface area contributed by atoms with Crippen molar-refractivity contribution < 1.29 is 0 Å². The lowest BCUT2D eigenvalue weighted by Crippen LogP contribution is -2.33. The number of nitrogens with zero attached hydrogens (tertiary/aromatic N) is 3. The van der Waals surface area contributed by atoms with Crippen molar-refractivity contribution in [2.45, 2.75) is 19.4 Å². The van der Waals surface area contributed by atoms with Gasteiger partial charge in [-0.2, -0.15) is 5.26 Å². The lowest BCUT2D eigenvalue weighted by atomic mass is 9.93. The van der Waals surface area contributed by atoms with E-state index in [1.807, 2.05) is 36.4 Å². The molecule has 26 heavy (non-hydrogen) atoms. The van der Waals surface area contributed by atoms with Crippen molar-refractivity contribution in [2.75, 3.05) is 18.9 Å². The van der Waals surface area contributed by atoms with Gasteiger partial charge in [0.1, 0.15) is 0 Å². The van der Waals surface area contributed by atoms with Gasteiger partial charge in [0.05, 0.1) is 28.7 Å². The van der Waals surface area contributed by atoms with E-state index in [9.17, 15) is 5.26 Å².